The lowest BCUT2D eigenvalue weighted by Gasteiger charge is -2.20. The van der Waals surface area contributed by atoms with Gasteiger partial charge in [-0.2, -0.15) is 0 Å². The normalized spacial score (nSPS) is 11.5. The summed E-state index contributed by atoms with van der Waals surface area (Å²) in [4.78, 5) is 24.2. The molecule has 0 aliphatic carbocycles. The summed E-state index contributed by atoms with van der Waals surface area (Å²) in [6.45, 7) is 8.04. The lowest BCUT2D eigenvalue weighted by atomic mass is 10.1. The Labute approximate surface area is 194 Å². The molecule has 0 heterocycles. The van der Waals surface area contributed by atoms with Gasteiger partial charge in [0.05, 0.1) is 24.6 Å². The van der Waals surface area contributed by atoms with Gasteiger partial charge in [-0.1, -0.05) is 0 Å². The molecule has 0 aliphatic rings. The monoisotopic (exact) mass is 477 g/mol. The van der Waals surface area contributed by atoms with E-state index in [-0.39, 0.29) is 36.1 Å². The van der Waals surface area contributed by atoms with Crippen LogP contribution in [0.3, 0.4) is 0 Å². The number of benzene rings is 2. The van der Waals surface area contributed by atoms with Crippen LogP contribution in [0.1, 0.15) is 38.1 Å². The average Bonchev–Trinajstić information content (AvgIpc) is 2.75. The van der Waals surface area contributed by atoms with E-state index in [2.05, 4.69) is 15.4 Å². The summed E-state index contributed by atoms with van der Waals surface area (Å²) < 4.78 is 38.1. The van der Waals surface area contributed by atoms with Crippen molar-refractivity contribution in [1.29, 1.82) is 0 Å². The SMILES string of the molecule is CCOc1ccc(OCCNC(=O)CNC(=O)c2ccc(S(=O)(=O)NC(C)(C)C)cc2)cc1. The Morgan fingerprint density at radius 2 is 1.45 bits per heavy atom. The lowest BCUT2D eigenvalue weighted by molar-refractivity contribution is -0.120. The second-order valence-corrected chi connectivity index (χ2v) is 9.85. The number of sulfonamides is 1. The minimum absolute atomic E-state index is 0.0549. The molecular formula is C23H31N3O6S. The number of carbonyl (C=O) groups is 2. The van der Waals surface area contributed by atoms with Crippen molar-refractivity contribution in [1.82, 2.24) is 15.4 Å². The molecule has 2 rings (SSSR count). The summed E-state index contributed by atoms with van der Waals surface area (Å²) in [5.41, 5.74) is -0.377. The second kappa shape index (κ2) is 11.7. The Kier molecular flexibility index (Phi) is 9.24. The molecule has 2 aromatic carbocycles. The summed E-state index contributed by atoms with van der Waals surface area (Å²) in [6, 6.07) is 12.7. The van der Waals surface area contributed by atoms with Crippen LogP contribution in [0.4, 0.5) is 0 Å². The Balaban J connectivity index is 1.73. The van der Waals surface area contributed by atoms with Crippen molar-refractivity contribution in [3.63, 3.8) is 0 Å². The number of hydrogen-bond donors (Lipinski definition) is 3. The molecule has 0 aliphatic heterocycles. The largest absolute Gasteiger partial charge is 0.494 e. The number of nitrogens with one attached hydrogen (secondary N) is 3. The number of rotatable bonds is 11. The summed E-state index contributed by atoms with van der Waals surface area (Å²) in [6.07, 6.45) is 0. The van der Waals surface area contributed by atoms with Gasteiger partial charge in [-0.15, -0.1) is 0 Å². The fourth-order valence-corrected chi connectivity index (χ4v) is 4.15. The molecule has 33 heavy (non-hydrogen) atoms. The summed E-state index contributed by atoms with van der Waals surface area (Å²) in [5.74, 6) is 0.562. The zero-order valence-electron chi connectivity index (χ0n) is 19.3. The van der Waals surface area contributed by atoms with Crippen LogP contribution >= 0.6 is 0 Å². The molecular weight excluding hydrogens is 446 g/mol. The molecule has 0 saturated heterocycles. The molecule has 0 aromatic heterocycles. The van der Waals surface area contributed by atoms with Crippen LogP contribution in [0.25, 0.3) is 0 Å². The van der Waals surface area contributed by atoms with Gasteiger partial charge in [-0.05, 0) is 76.2 Å². The van der Waals surface area contributed by atoms with Crippen molar-refractivity contribution in [2.45, 2.75) is 38.1 Å². The van der Waals surface area contributed by atoms with Crippen LogP contribution in [0.15, 0.2) is 53.4 Å². The summed E-state index contributed by atoms with van der Waals surface area (Å²) in [7, 11) is -3.69. The highest BCUT2D eigenvalue weighted by atomic mass is 32.2. The molecule has 9 nitrogen and oxygen atoms in total. The van der Waals surface area contributed by atoms with Gasteiger partial charge in [0.15, 0.2) is 0 Å². The molecule has 10 heteroatoms. The number of carbonyl (C=O) groups excluding carboxylic acids is 2. The fourth-order valence-electron chi connectivity index (χ4n) is 2.73. The zero-order chi connectivity index (χ0) is 24.5. The molecule has 2 amide bonds. The average molecular weight is 478 g/mol. The van der Waals surface area contributed by atoms with Crippen molar-refractivity contribution < 1.29 is 27.5 Å². The molecule has 180 valence electrons. The molecule has 0 unspecified atom stereocenters. The highest BCUT2D eigenvalue weighted by Gasteiger charge is 2.22. The van der Waals surface area contributed by atoms with E-state index in [0.29, 0.717) is 12.4 Å². The van der Waals surface area contributed by atoms with E-state index in [4.69, 9.17) is 9.47 Å². The van der Waals surface area contributed by atoms with Crippen LogP contribution in [-0.4, -0.2) is 52.1 Å². The molecule has 0 fully saturated rings. The quantitative estimate of drug-likeness (QED) is 0.426. The first-order valence-electron chi connectivity index (χ1n) is 10.5. The number of ether oxygens (including phenoxy) is 2. The lowest BCUT2D eigenvalue weighted by Crippen LogP contribution is -2.40. The Morgan fingerprint density at radius 1 is 0.879 bits per heavy atom. The maximum atomic E-state index is 12.3. The Hall–Kier alpha value is -3.11. The van der Waals surface area contributed by atoms with Gasteiger partial charge in [0.25, 0.3) is 5.91 Å². The molecule has 0 bridgehead atoms. The molecule has 0 radical (unpaired) electrons. The van der Waals surface area contributed by atoms with E-state index in [0.717, 1.165) is 5.75 Å². The molecule has 0 saturated carbocycles. The smallest absolute Gasteiger partial charge is 0.251 e. The van der Waals surface area contributed by atoms with Crippen LogP contribution < -0.4 is 24.8 Å². The maximum Gasteiger partial charge on any atom is 0.251 e. The third-order valence-corrected chi connectivity index (χ3v) is 5.88. The summed E-state index contributed by atoms with van der Waals surface area (Å²) >= 11 is 0. The third kappa shape index (κ3) is 9.11. The third-order valence-electron chi connectivity index (χ3n) is 4.10. The van der Waals surface area contributed by atoms with Crippen LogP contribution in [-0.2, 0) is 14.8 Å². The standard InChI is InChI=1S/C23H31N3O6S/c1-5-31-18-8-10-19(11-9-18)32-15-14-24-21(27)16-25-22(28)17-6-12-20(13-7-17)33(29,30)26-23(2,3)4/h6-13,26H,5,14-16H2,1-4H3,(H,24,27)(H,25,28). The highest BCUT2D eigenvalue weighted by Crippen LogP contribution is 2.17. The topological polar surface area (TPSA) is 123 Å². The van der Waals surface area contributed by atoms with Gasteiger partial charge in [0.1, 0.15) is 18.1 Å². The van der Waals surface area contributed by atoms with Gasteiger partial charge in [0.2, 0.25) is 15.9 Å². The van der Waals surface area contributed by atoms with E-state index in [1.807, 2.05) is 6.92 Å². The number of hydrogen-bond acceptors (Lipinski definition) is 6. The Bertz CT molecular complexity index is 1030. The molecule has 2 aromatic rings. The second-order valence-electron chi connectivity index (χ2n) is 8.17. The summed E-state index contributed by atoms with van der Waals surface area (Å²) in [5, 5.41) is 5.15. The van der Waals surface area contributed by atoms with Crippen molar-refractivity contribution >= 4 is 21.8 Å². The van der Waals surface area contributed by atoms with Crippen molar-refractivity contribution in [3.05, 3.63) is 54.1 Å². The van der Waals surface area contributed by atoms with E-state index in [9.17, 15) is 18.0 Å². The predicted molar refractivity (Wildman–Crippen MR) is 125 cm³/mol. The first-order chi connectivity index (χ1) is 15.5. The first kappa shape index (κ1) is 26.1. The minimum Gasteiger partial charge on any atom is -0.494 e. The Morgan fingerprint density at radius 3 is 2.00 bits per heavy atom. The highest BCUT2D eigenvalue weighted by molar-refractivity contribution is 7.89. The maximum absolute atomic E-state index is 12.3. The number of amides is 2. The van der Waals surface area contributed by atoms with Gasteiger partial charge < -0.3 is 20.1 Å². The van der Waals surface area contributed by atoms with E-state index < -0.39 is 21.5 Å². The molecule has 0 atom stereocenters. The van der Waals surface area contributed by atoms with Crippen molar-refractivity contribution in [2.75, 3.05) is 26.3 Å². The van der Waals surface area contributed by atoms with Crippen molar-refractivity contribution in [2.24, 2.45) is 0 Å². The predicted octanol–water partition coefficient (Wildman–Crippen LogP) is 2.09. The molecule has 3 N–H and O–H groups in total. The zero-order valence-corrected chi connectivity index (χ0v) is 20.1. The van der Waals surface area contributed by atoms with Crippen LogP contribution in [0.2, 0.25) is 0 Å². The van der Waals surface area contributed by atoms with Crippen molar-refractivity contribution in [3.8, 4) is 11.5 Å². The fraction of sp³-hybridized carbons (Fsp3) is 0.391. The minimum atomic E-state index is -3.69. The van der Waals surface area contributed by atoms with E-state index in [1.54, 1.807) is 45.0 Å². The van der Waals surface area contributed by atoms with Gasteiger partial charge >= 0.3 is 0 Å². The van der Waals surface area contributed by atoms with Gasteiger partial charge in [-0.25, -0.2) is 13.1 Å². The van der Waals surface area contributed by atoms with Crippen LogP contribution in [0.5, 0.6) is 11.5 Å². The van der Waals surface area contributed by atoms with Crippen LogP contribution in [0, 0.1) is 0 Å². The van der Waals surface area contributed by atoms with Gasteiger partial charge in [0, 0.05) is 11.1 Å². The first-order valence-corrected chi connectivity index (χ1v) is 12.0. The van der Waals surface area contributed by atoms with Gasteiger partial charge in [-0.3, -0.25) is 9.59 Å². The van der Waals surface area contributed by atoms with E-state index >= 15 is 0 Å². The molecule has 0 spiro atoms. The van der Waals surface area contributed by atoms with E-state index in [1.165, 1.54) is 24.3 Å².